The predicted octanol–water partition coefficient (Wildman–Crippen LogP) is 2.52. The van der Waals surface area contributed by atoms with Crippen molar-refractivity contribution in [3.05, 3.63) is 63.6 Å². The second-order valence-electron chi connectivity index (χ2n) is 5.61. The Morgan fingerprint density at radius 1 is 1.39 bits per heavy atom. The minimum atomic E-state index is -4.46. The lowest BCUT2D eigenvalue weighted by atomic mass is 9.90. The van der Waals surface area contributed by atoms with Gasteiger partial charge in [-0.2, -0.15) is 13.2 Å². The molecule has 23 heavy (non-hydrogen) atoms. The quantitative estimate of drug-likeness (QED) is 0.645. The molecule has 0 fully saturated rings. The van der Waals surface area contributed by atoms with Crippen LogP contribution in [0.3, 0.4) is 0 Å². The maximum absolute atomic E-state index is 12.8. The van der Waals surface area contributed by atoms with E-state index in [-0.39, 0.29) is 12.2 Å². The Labute approximate surface area is 129 Å². The molecular formula is C14H13F3N4O2. The van der Waals surface area contributed by atoms with E-state index in [2.05, 4.69) is 10.7 Å². The number of nitrogens with zero attached hydrogens (tertiary/aromatic N) is 2. The van der Waals surface area contributed by atoms with E-state index in [1.807, 2.05) is 0 Å². The van der Waals surface area contributed by atoms with Gasteiger partial charge in [0, 0.05) is 18.3 Å². The molecule has 1 unspecified atom stereocenters. The summed E-state index contributed by atoms with van der Waals surface area (Å²) in [5, 5.41) is 15.3. The molecule has 0 saturated heterocycles. The molecule has 0 spiro atoms. The van der Waals surface area contributed by atoms with Gasteiger partial charge >= 0.3 is 6.18 Å². The van der Waals surface area contributed by atoms with Crippen molar-refractivity contribution in [3.8, 4) is 0 Å². The number of nitro groups is 1. The van der Waals surface area contributed by atoms with Crippen molar-refractivity contribution in [1.29, 1.82) is 0 Å². The Kier molecular flexibility index (Phi) is 3.24. The highest BCUT2D eigenvalue weighted by molar-refractivity contribution is 5.40. The van der Waals surface area contributed by atoms with Crippen LogP contribution < -0.4 is 10.7 Å². The minimum Gasteiger partial charge on any atom is -0.378 e. The van der Waals surface area contributed by atoms with Crippen LogP contribution in [0, 0.1) is 10.1 Å². The van der Waals surface area contributed by atoms with E-state index >= 15 is 0 Å². The van der Waals surface area contributed by atoms with Gasteiger partial charge in [0.2, 0.25) is 0 Å². The number of hydrogen-bond acceptors (Lipinski definition) is 5. The second kappa shape index (κ2) is 4.90. The van der Waals surface area contributed by atoms with Gasteiger partial charge in [-0.3, -0.25) is 20.5 Å². The van der Waals surface area contributed by atoms with Gasteiger partial charge in [-0.05, 0) is 18.6 Å². The van der Waals surface area contributed by atoms with E-state index in [0.717, 1.165) is 6.08 Å². The number of fused-ring (bicyclic) bond motifs is 1. The summed E-state index contributed by atoms with van der Waals surface area (Å²) in [6, 6.07) is 6.04. The van der Waals surface area contributed by atoms with E-state index in [0.29, 0.717) is 11.3 Å². The highest BCUT2D eigenvalue weighted by Gasteiger charge is 2.42. The SMILES string of the molecule is CC1(c2cccc([N+](=O)[O-])c2)CN2NC(C(F)(F)F)=CC2=CN1. The van der Waals surface area contributed by atoms with Crippen molar-refractivity contribution >= 4 is 5.69 Å². The van der Waals surface area contributed by atoms with Gasteiger partial charge in [-0.1, -0.05) is 12.1 Å². The zero-order valence-electron chi connectivity index (χ0n) is 12.0. The molecule has 2 aliphatic heterocycles. The smallest absolute Gasteiger partial charge is 0.378 e. The molecule has 122 valence electrons. The van der Waals surface area contributed by atoms with E-state index < -0.39 is 22.3 Å². The topological polar surface area (TPSA) is 70.4 Å². The molecule has 9 heteroatoms. The molecule has 2 aliphatic rings. The van der Waals surface area contributed by atoms with Crippen LogP contribution in [0.25, 0.3) is 0 Å². The van der Waals surface area contributed by atoms with Gasteiger partial charge in [0.15, 0.2) is 0 Å². The molecule has 0 aromatic heterocycles. The summed E-state index contributed by atoms with van der Waals surface area (Å²) in [7, 11) is 0. The van der Waals surface area contributed by atoms with E-state index in [9.17, 15) is 23.3 Å². The van der Waals surface area contributed by atoms with Crippen LogP contribution in [-0.4, -0.2) is 22.7 Å². The van der Waals surface area contributed by atoms with Gasteiger partial charge in [0.05, 0.1) is 22.7 Å². The van der Waals surface area contributed by atoms with Gasteiger partial charge < -0.3 is 5.32 Å². The monoisotopic (exact) mass is 326 g/mol. The summed E-state index contributed by atoms with van der Waals surface area (Å²) in [6.45, 7) is 1.95. The molecule has 0 radical (unpaired) electrons. The fourth-order valence-electron chi connectivity index (χ4n) is 2.60. The summed E-state index contributed by atoms with van der Waals surface area (Å²) < 4.78 is 38.3. The number of nitrogens with one attached hydrogen (secondary N) is 2. The van der Waals surface area contributed by atoms with Crippen LogP contribution in [-0.2, 0) is 5.54 Å². The maximum atomic E-state index is 12.8. The molecule has 1 aromatic rings. The predicted molar refractivity (Wildman–Crippen MR) is 75.6 cm³/mol. The number of rotatable bonds is 2. The Balaban J connectivity index is 1.86. The number of alkyl halides is 3. The lowest BCUT2D eigenvalue weighted by Crippen LogP contribution is -2.53. The number of hydrogen-bond donors (Lipinski definition) is 2. The van der Waals surface area contributed by atoms with E-state index in [4.69, 9.17) is 0 Å². The largest absolute Gasteiger partial charge is 0.432 e. The number of hydrazine groups is 1. The van der Waals surface area contributed by atoms with Gasteiger partial charge in [0.25, 0.3) is 5.69 Å². The van der Waals surface area contributed by atoms with Crippen LogP contribution >= 0.6 is 0 Å². The molecule has 0 amide bonds. The molecule has 0 bridgehead atoms. The summed E-state index contributed by atoms with van der Waals surface area (Å²) in [6.07, 6.45) is -1.98. The zero-order chi connectivity index (χ0) is 16.8. The molecule has 2 heterocycles. The van der Waals surface area contributed by atoms with E-state index in [1.54, 1.807) is 19.1 Å². The molecular weight excluding hydrogens is 313 g/mol. The first-order chi connectivity index (χ1) is 10.7. The first-order valence-electron chi connectivity index (χ1n) is 6.75. The lowest BCUT2D eigenvalue weighted by Gasteiger charge is -2.40. The normalized spacial score (nSPS) is 23.4. The molecule has 0 aliphatic carbocycles. The standard InChI is InChI=1S/C14H13F3N4O2/c1-13(9-3-2-4-10(5-9)21(22)23)8-20-11(7-18-13)6-12(19-20)14(15,16)17/h2-7,18-19H,8H2,1H3. The Morgan fingerprint density at radius 3 is 2.78 bits per heavy atom. The molecule has 3 rings (SSSR count). The van der Waals surface area contributed by atoms with E-state index in [1.165, 1.54) is 23.3 Å². The molecule has 1 atom stereocenters. The number of allylic oxidation sites excluding steroid dienone is 2. The van der Waals surface area contributed by atoms with Crippen molar-refractivity contribution in [3.63, 3.8) is 0 Å². The summed E-state index contributed by atoms with van der Waals surface area (Å²) in [4.78, 5) is 10.4. The summed E-state index contributed by atoms with van der Waals surface area (Å²) in [5.74, 6) is 0. The molecule has 0 saturated carbocycles. The second-order valence-corrected chi connectivity index (χ2v) is 5.61. The van der Waals surface area contributed by atoms with Gasteiger partial charge in [-0.15, -0.1) is 0 Å². The van der Waals surface area contributed by atoms with Crippen molar-refractivity contribution in [1.82, 2.24) is 15.8 Å². The molecule has 1 aromatic carbocycles. The maximum Gasteiger partial charge on any atom is 0.432 e. The number of non-ortho nitro benzene ring substituents is 1. The first-order valence-corrected chi connectivity index (χ1v) is 6.75. The zero-order valence-corrected chi connectivity index (χ0v) is 12.0. The van der Waals surface area contributed by atoms with Crippen molar-refractivity contribution in [2.45, 2.75) is 18.6 Å². The Hall–Kier alpha value is -2.71. The summed E-state index contributed by atoms with van der Waals surface area (Å²) >= 11 is 0. The van der Waals surface area contributed by atoms with Crippen LogP contribution in [0.1, 0.15) is 12.5 Å². The van der Waals surface area contributed by atoms with Crippen molar-refractivity contribution in [2.24, 2.45) is 0 Å². The number of halogens is 3. The molecule has 2 N–H and O–H groups in total. The summed E-state index contributed by atoms with van der Waals surface area (Å²) in [5.41, 5.74) is 1.63. The van der Waals surface area contributed by atoms with Crippen LogP contribution in [0.15, 0.2) is 47.9 Å². The highest BCUT2D eigenvalue weighted by Crippen LogP contribution is 2.35. The van der Waals surface area contributed by atoms with Crippen LogP contribution in [0.4, 0.5) is 18.9 Å². The first kappa shape index (κ1) is 15.2. The van der Waals surface area contributed by atoms with Gasteiger partial charge in [0.1, 0.15) is 5.70 Å². The average molecular weight is 326 g/mol. The number of benzene rings is 1. The fraction of sp³-hybridized carbons (Fsp3) is 0.286. The Morgan fingerprint density at radius 2 is 2.13 bits per heavy atom. The third-order valence-corrected chi connectivity index (χ3v) is 3.87. The lowest BCUT2D eigenvalue weighted by molar-refractivity contribution is -0.385. The highest BCUT2D eigenvalue weighted by atomic mass is 19.4. The van der Waals surface area contributed by atoms with Gasteiger partial charge in [-0.25, -0.2) is 0 Å². The minimum absolute atomic E-state index is 0.0659. The Bertz CT molecular complexity index is 729. The number of nitro benzene ring substituents is 1. The van der Waals surface area contributed by atoms with Crippen LogP contribution in [0.2, 0.25) is 0 Å². The van der Waals surface area contributed by atoms with Crippen molar-refractivity contribution < 1.29 is 18.1 Å². The van der Waals surface area contributed by atoms with Crippen molar-refractivity contribution in [2.75, 3.05) is 6.54 Å². The molecule has 6 nitrogen and oxygen atoms in total. The average Bonchev–Trinajstić information content (AvgIpc) is 2.90. The third-order valence-electron chi connectivity index (χ3n) is 3.87. The fourth-order valence-corrected chi connectivity index (χ4v) is 2.60. The third kappa shape index (κ3) is 2.69. The van der Waals surface area contributed by atoms with Crippen LogP contribution in [0.5, 0.6) is 0 Å².